The predicted octanol–water partition coefficient (Wildman–Crippen LogP) is 3.19. The van der Waals surface area contributed by atoms with E-state index in [4.69, 9.17) is 9.47 Å². The van der Waals surface area contributed by atoms with Gasteiger partial charge in [-0.15, -0.1) is 5.10 Å². The minimum Gasteiger partial charge on any atom is -0.494 e. The SMILES string of the molecule is CCOc1ccc(Cn2ncc(NC(=O)Cc3ccc(C4(C)COC4)cc3)n2)cc1. The zero-order valence-electron chi connectivity index (χ0n) is 17.3. The molecule has 1 aliphatic heterocycles. The second kappa shape index (κ2) is 8.67. The number of aromatic nitrogens is 3. The van der Waals surface area contributed by atoms with Crippen molar-refractivity contribution >= 4 is 11.7 Å². The van der Waals surface area contributed by atoms with E-state index in [2.05, 4.69) is 34.6 Å². The Labute approximate surface area is 176 Å². The quantitative estimate of drug-likeness (QED) is 0.622. The second-order valence-electron chi connectivity index (χ2n) is 7.81. The van der Waals surface area contributed by atoms with Gasteiger partial charge < -0.3 is 14.8 Å². The van der Waals surface area contributed by atoms with Crippen molar-refractivity contribution in [1.82, 2.24) is 15.0 Å². The Morgan fingerprint density at radius 2 is 1.83 bits per heavy atom. The molecule has 1 N–H and O–H groups in total. The van der Waals surface area contributed by atoms with Crippen LogP contribution in [0.3, 0.4) is 0 Å². The standard InChI is InChI=1S/C23H26N4O3/c1-3-30-20-10-6-18(7-11-20)14-27-24-13-21(26-27)25-22(28)12-17-4-8-19(9-5-17)23(2)15-29-16-23/h4-11,13H,3,12,14-16H2,1-2H3,(H,25,26,28). The number of rotatable bonds is 8. The first-order chi connectivity index (χ1) is 14.5. The molecule has 0 atom stereocenters. The molecule has 2 aromatic carbocycles. The molecule has 0 aliphatic carbocycles. The van der Waals surface area contributed by atoms with Crippen LogP contribution in [-0.2, 0) is 27.9 Å². The van der Waals surface area contributed by atoms with E-state index in [1.54, 1.807) is 11.0 Å². The summed E-state index contributed by atoms with van der Waals surface area (Å²) < 4.78 is 10.8. The molecule has 0 saturated carbocycles. The van der Waals surface area contributed by atoms with Crippen LogP contribution in [0.5, 0.6) is 5.75 Å². The number of hydrogen-bond acceptors (Lipinski definition) is 5. The van der Waals surface area contributed by atoms with Gasteiger partial charge >= 0.3 is 0 Å². The van der Waals surface area contributed by atoms with Crippen LogP contribution in [0.15, 0.2) is 54.7 Å². The first kappa shape index (κ1) is 20.1. The molecular formula is C23H26N4O3. The van der Waals surface area contributed by atoms with Gasteiger partial charge in [0, 0.05) is 5.41 Å². The van der Waals surface area contributed by atoms with Gasteiger partial charge in [0.25, 0.3) is 0 Å². The van der Waals surface area contributed by atoms with Crippen molar-refractivity contribution in [3.8, 4) is 5.75 Å². The van der Waals surface area contributed by atoms with Gasteiger partial charge in [-0.2, -0.15) is 9.90 Å². The number of carbonyl (C=O) groups excluding carboxylic acids is 1. The van der Waals surface area contributed by atoms with E-state index in [1.165, 1.54) is 5.56 Å². The number of carbonyl (C=O) groups is 1. The molecule has 156 valence electrons. The van der Waals surface area contributed by atoms with E-state index < -0.39 is 0 Å². The lowest BCUT2D eigenvalue weighted by Gasteiger charge is -2.38. The van der Waals surface area contributed by atoms with Gasteiger partial charge in [0.15, 0.2) is 5.82 Å². The van der Waals surface area contributed by atoms with Crippen LogP contribution in [-0.4, -0.2) is 40.7 Å². The molecule has 2 heterocycles. The van der Waals surface area contributed by atoms with Crippen molar-refractivity contribution in [2.45, 2.75) is 32.2 Å². The van der Waals surface area contributed by atoms with Crippen LogP contribution in [0, 0.1) is 0 Å². The summed E-state index contributed by atoms with van der Waals surface area (Å²) in [6.07, 6.45) is 1.85. The summed E-state index contributed by atoms with van der Waals surface area (Å²) in [6, 6.07) is 16.0. The fourth-order valence-corrected chi connectivity index (χ4v) is 3.42. The van der Waals surface area contributed by atoms with Crippen molar-refractivity contribution in [1.29, 1.82) is 0 Å². The Bertz CT molecular complexity index is 992. The summed E-state index contributed by atoms with van der Waals surface area (Å²) in [5, 5.41) is 11.4. The fourth-order valence-electron chi connectivity index (χ4n) is 3.42. The summed E-state index contributed by atoms with van der Waals surface area (Å²) in [5.74, 6) is 1.17. The molecule has 7 heteroatoms. The van der Waals surface area contributed by atoms with Crippen molar-refractivity contribution < 1.29 is 14.3 Å². The minimum atomic E-state index is -0.117. The number of hydrogen-bond donors (Lipinski definition) is 1. The van der Waals surface area contributed by atoms with E-state index in [9.17, 15) is 4.79 Å². The molecule has 1 aromatic heterocycles. The number of nitrogens with zero attached hydrogens (tertiary/aromatic N) is 3. The van der Waals surface area contributed by atoms with E-state index >= 15 is 0 Å². The number of anilines is 1. The van der Waals surface area contributed by atoms with Crippen molar-refractivity contribution in [2.75, 3.05) is 25.1 Å². The average molecular weight is 406 g/mol. The van der Waals surface area contributed by atoms with Crippen LogP contribution in [0.25, 0.3) is 0 Å². The fraction of sp³-hybridized carbons (Fsp3) is 0.348. The van der Waals surface area contributed by atoms with Gasteiger partial charge in [0.2, 0.25) is 5.91 Å². The topological polar surface area (TPSA) is 78.3 Å². The number of amides is 1. The number of ether oxygens (including phenoxy) is 2. The van der Waals surface area contributed by atoms with Crippen LogP contribution in [0.2, 0.25) is 0 Å². The Morgan fingerprint density at radius 1 is 1.13 bits per heavy atom. The average Bonchev–Trinajstić information content (AvgIpc) is 3.15. The van der Waals surface area contributed by atoms with Gasteiger partial charge in [-0.05, 0) is 35.7 Å². The molecule has 30 heavy (non-hydrogen) atoms. The van der Waals surface area contributed by atoms with Crippen molar-refractivity contribution in [3.63, 3.8) is 0 Å². The molecule has 1 saturated heterocycles. The third-order valence-corrected chi connectivity index (χ3v) is 5.22. The maximum atomic E-state index is 12.4. The maximum absolute atomic E-state index is 12.4. The smallest absolute Gasteiger partial charge is 0.230 e. The van der Waals surface area contributed by atoms with Gasteiger partial charge in [0.1, 0.15) is 5.75 Å². The first-order valence-electron chi connectivity index (χ1n) is 10.1. The molecule has 0 bridgehead atoms. The highest BCUT2D eigenvalue weighted by atomic mass is 16.5. The van der Waals surface area contributed by atoms with Gasteiger partial charge in [-0.1, -0.05) is 43.3 Å². The van der Waals surface area contributed by atoms with Crippen LogP contribution < -0.4 is 10.1 Å². The van der Waals surface area contributed by atoms with E-state index in [0.29, 0.717) is 25.4 Å². The van der Waals surface area contributed by atoms with Gasteiger partial charge in [0.05, 0.1) is 39.0 Å². The van der Waals surface area contributed by atoms with Crippen LogP contribution in [0.1, 0.15) is 30.5 Å². The van der Waals surface area contributed by atoms with Gasteiger partial charge in [-0.25, -0.2) is 0 Å². The lowest BCUT2D eigenvalue weighted by atomic mass is 9.80. The Morgan fingerprint density at radius 3 is 2.47 bits per heavy atom. The predicted molar refractivity (Wildman–Crippen MR) is 114 cm³/mol. The van der Waals surface area contributed by atoms with Crippen molar-refractivity contribution in [2.24, 2.45) is 0 Å². The zero-order valence-corrected chi connectivity index (χ0v) is 17.3. The third-order valence-electron chi connectivity index (χ3n) is 5.22. The minimum absolute atomic E-state index is 0.0998. The second-order valence-corrected chi connectivity index (χ2v) is 7.81. The van der Waals surface area contributed by atoms with E-state index in [0.717, 1.165) is 30.1 Å². The van der Waals surface area contributed by atoms with E-state index in [-0.39, 0.29) is 11.3 Å². The first-order valence-corrected chi connectivity index (χ1v) is 10.1. The Balaban J connectivity index is 1.30. The van der Waals surface area contributed by atoms with Gasteiger partial charge in [-0.3, -0.25) is 4.79 Å². The Hall–Kier alpha value is -3.19. The summed E-state index contributed by atoms with van der Waals surface area (Å²) in [7, 11) is 0. The summed E-state index contributed by atoms with van der Waals surface area (Å²) in [4.78, 5) is 13.9. The molecule has 4 rings (SSSR count). The van der Waals surface area contributed by atoms with Crippen LogP contribution in [0.4, 0.5) is 5.82 Å². The summed E-state index contributed by atoms with van der Waals surface area (Å²) in [6.45, 7) is 6.80. The Kier molecular flexibility index (Phi) is 5.81. The number of benzene rings is 2. The highest BCUT2D eigenvalue weighted by molar-refractivity contribution is 5.91. The normalized spacial score (nSPS) is 14.7. The molecule has 1 amide bonds. The van der Waals surface area contributed by atoms with E-state index in [1.807, 2.05) is 43.3 Å². The lowest BCUT2D eigenvalue weighted by molar-refractivity contribution is -0.115. The highest BCUT2D eigenvalue weighted by Gasteiger charge is 2.34. The lowest BCUT2D eigenvalue weighted by Crippen LogP contribution is -2.43. The third kappa shape index (κ3) is 4.68. The molecule has 3 aromatic rings. The molecule has 0 unspecified atom stereocenters. The maximum Gasteiger partial charge on any atom is 0.230 e. The number of nitrogens with one attached hydrogen (secondary N) is 1. The zero-order chi connectivity index (χ0) is 21.0. The largest absolute Gasteiger partial charge is 0.494 e. The molecular weight excluding hydrogens is 380 g/mol. The summed E-state index contributed by atoms with van der Waals surface area (Å²) >= 11 is 0. The molecule has 1 fully saturated rings. The molecule has 1 aliphatic rings. The molecule has 7 nitrogen and oxygen atoms in total. The molecule has 0 radical (unpaired) electrons. The highest BCUT2D eigenvalue weighted by Crippen LogP contribution is 2.31. The van der Waals surface area contributed by atoms with Crippen LogP contribution >= 0.6 is 0 Å². The summed E-state index contributed by atoms with van der Waals surface area (Å²) in [5.41, 5.74) is 3.36. The van der Waals surface area contributed by atoms with Crippen molar-refractivity contribution in [3.05, 3.63) is 71.4 Å². The monoisotopic (exact) mass is 406 g/mol. The molecule has 0 spiro atoms.